The van der Waals surface area contributed by atoms with Gasteiger partial charge in [-0.25, -0.2) is 0 Å². The first-order valence-electron chi connectivity index (χ1n) is 9.69. The van der Waals surface area contributed by atoms with Crippen LogP contribution in [0.3, 0.4) is 0 Å². The van der Waals surface area contributed by atoms with Crippen LogP contribution in [0.15, 0.2) is 48.5 Å². The number of carbonyl (C=O) groups is 1. The monoisotopic (exact) mass is 407 g/mol. The standard InChI is InChI=1S/C22H21N3O5/c1-27-18-5-3-2-4-15(18)10-23-22(26)17-9-16-12-28-21(11-25(16)24-17)14-6-7-19-20(8-14)30-13-29-19/h2-9,21H,10-13H2,1H3,(H,23,26)/t21-/m0/s1. The maximum atomic E-state index is 12.6. The van der Waals surface area contributed by atoms with E-state index in [1.165, 1.54) is 0 Å². The lowest BCUT2D eigenvalue weighted by atomic mass is 10.1. The van der Waals surface area contributed by atoms with Crippen molar-refractivity contribution < 1.29 is 23.7 Å². The van der Waals surface area contributed by atoms with Gasteiger partial charge in [0, 0.05) is 12.1 Å². The molecule has 0 aliphatic carbocycles. The smallest absolute Gasteiger partial charge is 0.272 e. The molecule has 8 heteroatoms. The van der Waals surface area contributed by atoms with Crippen LogP contribution in [0, 0.1) is 0 Å². The Hall–Kier alpha value is -3.52. The maximum Gasteiger partial charge on any atom is 0.272 e. The fourth-order valence-electron chi connectivity index (χ4n) is 3.67. The molecular weight excluding hydrogens is 386 g/mol. The van der Waals surface area contributed by atoms with E-state index in [0.29, 0.717) is 25.4 Å². The largest absolute Gasteiger partial charge is 0.496 e. The van der Waals surface area contributed by atoms with Gasteiger partial charge in [-0.2, -0.15) is 5.10 Å². The number of para-hydroxylation sites is 1. The highest BCUT2D eigenvalue weighted by Gasteiger charge is 2.26. The van der Waals surface area contributed by atoms with Gasteiger partial charge in [0.15, 0.2) is 17.2 Å². The number of hydrogen-bond donors (Lipinski definition) is 1. The Labute approximate surface area is 173 Å². The van der Waals surface area contributed by atoms with Gasteiger partial charge in [-0.15, -0.1) is 0 Å². The summed E-state index contributed by atoms with van der Waals surface area (Å²) in [7, 11) is 1.61. The Kier molecular flexibility index (Phi) is 4.76. The zero-order valence-electron chi connectivity index (χ0n) is 16.5. The number of fused-ring (bicyclic) bond motifs is 2. The summed E-state index contributed by atoms with van der Waals surface area (Å²) in [5.74, 6) is 1.96. The zero-order valence-corrected chi connectivity index (χ0v) is 16.5. The number of nitrogens with one attached hydrogen (secondary N) is 1. The first kappa shape index (κ1) is 18.5. The van der Waals surface area contributed by atoms with E-state index < -0.39 is 0 Å². The minimum absolute atomic E-state index is 0.170. The van der Waals surface area contributed by atoms with E-state index in [1.54, 1.807) is 13.2 Å². The van der Waals surface area contributed by atoms with Crippen molar-refractivity contribution in [1.29, 1.82) is 0 Å². The number of aromatic nitrogens is 2. The summed E-state index contributed by atoms with van der Waals surface area (Å²) in [6.07, 6.45) is -0.170. The topological polar surface area (TPSA) is 83.8 Å². The van der Waals surface area contributed by atoms with Crippen LogP contribution in [0.2, 0.25) is 0 Å². The van der Waals surface area contributed by atoms with E-state index >= 15 is 0 Å². The third-order valence-corrected chi connectivity index (χ3v) is 5.27. The number of methoxy groups -OCH3 is 1. The minimum Gasteiger partial charge on any atom is -0.496 e. The predicted molar refractivity (Wildman–Crippen MR) is 106 cm³/mol. The van der Waals surface area contributed by atoms with Gasteiger partial charge in [-0.05, 0) is 29.8 Å². The van der Waals surface area contributed by atoms with Gasteiger partial charge in [0.1, 0.15) is 11.9 Å². The summed E-state index contributed by atoms with van der Waals surface area (Å²) >= 11 is 0. The van der Waals surface area contributed by atoms with Crippen LogP contribution in [0.1, 0.15) is 33.4 Å². The van der Waals surface area contributed by atoms with Crippen molar-refractivity contribution in [3.8, 4) is 17.2 Å². The molecule has 2 aliphatic rings. The maximum absolute atomic E-state index is 12.6. The average Bonchev–Trinajstić information content (AvgIpc) is 3.43. The van der Waals surface area contributed by atoms with Crippen molar-refractivity contribution in [2.75, 3.05) is 13.9 Å². The summed E-state index contributed by atoms with van der Waals surface area (Å²) < 4.78 is 24.0. The van der Waals surface area contributed by atoms with Crippen molar-refractivity contribution in [2.45, 2.75) is 25.8 Å². The van der Waals surface area contributed by atoms with Gasteiger partial charge in [-0.3, -0.25) is 9.48 Å². The Bertz CT molecular complexity index is 1090. The predicted octanol–water partition coefficient (Wildman–Crippen LogP) is 2.82. The number of benzene rings is 2. The minimum atomic E-state index is -0.234. The van der Waals surface area contributed by atoms with Crippen LogP contribution >= 0.6 is 0 Å². The fourth-order valence-corrected chi connectivity index (χ4v) is 3.67. The highest BCUT2D eigenvalue weighted by molar-refractivity contribution is 5.92. The van der Waals surface area contributed by atoms with E-state index in [0.717, 1.165) is 34.1 Å². The molecule has 0 saturated carbocycles. The molecular formula is C22H21N3O5. The van der Waals surface area contributed by atoms with E-state index in [4.69, 9.17) is 18.9 Å². The highest BCUT2D eigenvalue weighted by Crippen LogP contribution is 2.36. The lowest BCUT2D eigenvalue weighted by molar-refractivity contribution is -0.00128. The number of hydrogen-bond acceptors (Lipinski definition) is 6. The molecule has 0 saturated heterocycles. The van der Waals surface area contributed by atoms with Crippen LogP contribution in [-0.2, 0) is 24.4 Å². The second-order valence-corrected chi connectivity index (χ2v) is 7.11. The second-order valence-electron chi connectivity index (χ2n) is 7.11. The van der Waals surface area contributed by atoms with Crippen LogP contribution in [0.5, 0.6) is 17.2 Å². The molecule has 1 amide bonds. The third kappa shape index (κ3) is 3.46. The van der Waals surface area contributed by atoms with Gasteiger partial charge < -0.3 is 24.3 Å². The molecule has 1 aromatic heterocycles. The van der Waals surface area contributed by atoms with E-state index in [1.807, 2.05) is 47.1 Å². The summed E-state index contributed by atoms with van der Waals surface area (Å²) in [6, 6.07) is 15.1. The van der Waals surface area contributed by atoms with Crippen molar-refractivity contribution in [2.24, 2.45) is 0 Å². The Balaban J connectivity index is 1.27. The van der Waals surface area contributed by atoms with Gasteiger partial charge in [-0.1, -0.05) is 24.3 Å². The molecule has 8 nitrogen and oxygen atoms in total. The summed E-state index contributed by atoms with van der Waals surface area (Å²) in [5.41, 5.74) is 3.13. The molecule has 3 aromatic rings. The molecule has 2 aliphatic heterocycles. The zero-order chi connectivity index (χ0) is 20.5. The summed E-state index contributed by atoms with van der Waals surface area (Å²) in [4.78, 5) is 12.6. The van der Waals surface area contributed by atoms with Gasteiger partial charge in [0.25, 0.3) is 5.91 Å². The first-order chi connectivity index (χ1) is 14.7. The Morgan fingerprint density at radius 2 is 2.07 bits per heavy atom. The van der Waals surface area contributed by atoms with Crippen molar-refractivity contribution in [3.63, 3.8) is 0 Å². The first-order valence-corrected chi connectivity index (χ1v) is 9.69. The van der Waals surface area contributed by atoms with Crippen LogP contribution in [0.4, 0.5) is 0 Å². The molecule has 3 heterocycles. The van der Waals surface area contributed by atoms with Gasteiger partial charge in [0.05, 0.1) is 26.0 Å². The second kappa shape index (κ2) is 7.72. The van der Waals surface area contributed by atoms with E-state index in [2.05, 4.69) is 10.4 Å². The number of carbonyl (C=O) groups excluding carboxylic acids is 1. The number of ether oxygens (including phenoxy) is 4. The Morgan fingerprint density at radius 3 is 2.97 bits per heavy atom. The molecule has 0 unspecified atom stereocenters. The molecule has 1 atom stereocenters. The van der Waals surface area contributed by atoms with Crippen LogP contribution < -0.4 is 19.5 Å². The molecule has 30 heavy (non-hydrogen) atoms. The normalized spacial score (nSPS) is 16.8. The van der Waals surface area contributed by atoms with Crippen molar-refractivity contribution >= 4 is 5.91 Å². The summed E-state index contributed by atoms with van der Waals surface area (Å²) in [5, 5.41) is 7.40. The van der Waals surface area contributed by atoms with Crippen LogP contribution in [-0.4, -0.2) is 29.6 Å². The molecule has 0 radical (unpaired) electrons. The van der Waals surface area contributed by atoms with Crippen LogP contribution in [0.25, 0.3) is 0 Å². The number of amides is 1. The van der Waals surface area contributed by atoms with Crippen molar-refractivity contribution in [1.82, 2.24) is 15.1 Å². The van der Waals surface area contributed by atoms with Gasteiger partial charge >= 0.3 is 0 Å². The molecule has 2 aromatic carbocycles. The molecule has 154 valence electrons. The van der Waals surface area contributed by atoms with E-state index in [9.17, 15) is 4.79 Å². The molecule has 0 bridgehead atoms. The Morgan fingerprint density at radius 1 is 1.20 bits per heavy atom. The lowest BCUT2D eigenvalue weighted by Crippen LogP contribution is -2.24. The number of nitrogens with zero attached hydrogens (tertiary/aromatic N) is 2. The number of rotatable bonds is 5. The lowest BCUT2D eigenvalue weighted by Gasteiger charge is -2.24. The third-order valence-electron chi connectivity index (χ3n) is 5.27. The molecule has 5 rings (SSSR count). The highest BCUT2D eigenvalue weighted by atomic mass is 16.7. The van der Waals surface area contributed by atoms with Crippen molar-refractivity contribution in [3.05, 3.63) is 71.0 Å². The molecule has 0 fully saturated rings. The quantitative estimate of drug-likeness (QED) is 0.700. The average molecular weight is 407 g/mol. The van der Waals surface area contributed by atoms with Gasteiger partial charge in [0.2, 0.25) is 6.79 Å². The fraction of sp³-hybridized carbons (Fsp3) is 0.273. The SMILES string of the molecule is COc1ccccc1CNC(=O)c1cc2n(n1)C[C@@H](c1ccc3c(c1)OCO3)OC2. The van der Waals surface area contributed by atoms with E-state index in [-0.39, 0.29) is 18.8 Å². The molecule has 1 N–H and O–H groups in total. The summed E-state index contributed by atoms with van der Waals surface area (Å²) in [6.45, 7) is 1.50. The molecule has 0 spiro atoms.